The summed E-state index contributed by atoms with van der Waals surface area (Å²) < 4.78 is 20.8. The molecule has 194 valence electrons. The van der Waals surface area contributed by atoms with Crippen molar-refractivity contribution in [3.05, 3.63) is 104 Å². The van der Waals surface area contributed by atoms with Gasteiger partial charge in [-0.25, -0.2) is 4.39 Å². The number of rotatable bonds is 8. The first-order valence-electron chi connectivity index (χ1n) is 12.0. The fourth-order valence-corrected chi connectivity index (χ4v) is 5.62. The van der Waals surface area contributed by atoms with Crippen molar-refractivity contribution in [3.63, 3.8) is 0 Å². The van der Waals surface area contributed by atoms with Crippen LogP contribution in [0.2, 0.25) is 10.0 Å². The van der Waals surface area contributed by atoms with Crippen molar-refractivity contribution in [1.82, 2.24) is 9.47 Å². The molecule has 1 saturated heterocycles. The molecule has 0 unspecified atom stereocenters. The maximum Gasteiger partial charge on any atom is 0.293 e. The standard InChI is InChI=1S/C29H23Cl2FN2O3S/c1-2-19-4-3-5-23-20(17-33(27(19)23)16-18-6-11-24(30)25(31)14-18)15-26-28(35)34(29(36)38-26)12-13-37-22-9-7-21(32)8-10-22/h3-11,14-15,17H,2,12-13,16H2,1H3/b26-15-. The monoisotopic (exact) mass is 568 g/mol. The quantitative estimate of drug-likeness (QED) is 0.203. The Balaban J connectivity index is 1.40. The number of nitrogens with zero attached hydrogens (tertiary/aromatic N) is 2. The second kappa shape index (κ2) is 11.2. The normalized spacial score (nSPS) is 14.7. The Morgan fingerprint density at radius 3 is 2.55 bits per heavy atom. The number of fused-ring (bicyclic) bond motifs is 1. The van der Waals surface area contributed by atoms with E-state index in [0.29, 0.717) is 27.2 Å². The molecule has 5 rings (SSSR count). The van der Waals surface area contributed by atoms with Crippen LogP contribution in [0, 0.1) is 5.82 Å². The number of amides is 2. The molecule has 9 heteroatoms. The number of imide groups is 1. The van der Waals surface area contributed by atoms with Crippen molar-refractivity contribution in [2.45, 2.75) is 19.9 Å². The zero-order valence-corrected chi connectivity index (χ0v) is 22.7. The Labute approximate surface area is 233 Å². The molecule has 1 aromatic heterocycles. The van der Waals surface area contributed by atoms with E-state index < -0.39 is 0 Å². The van der Waals surface area contributed by atoms with Crippen LogP contribution < -0.4 is 4.74 Å². The van der Waals surface area contributed by atoms with E-state index >= 15 is 0 Å². The number of carbonyl (C=O) groups excluding carboxylic acids is 2. The van der Waals surface area contributed by atoms with Crippen LogP contribution >= 0.6 is 35.0 Å². The number of hydrogen-bond donors (Lipinski definition) is 0. The van der Waals surface area contributed by atoms with E-state index in [-0.39, 0.29) is 30.1 Å². The van der Waals surface area contributed by atoms with Gasteiger partial charge in [-0.15, -0.1) is 0 Å². The number of hydrogen-bond acceptors (Lipinski definition) is 4. The zero-order valence-electron chi connectivity index (χ0n) is 20.4. The van der Waals surface area contributed by atoms with Crippen molar-refractivity contribution < 1.29 is 18.7 Å². The molecule has 0 spiro atoms. The van der Waals surface area contributed by atoms with Gasteiger partial charge in [-0.1, -0.05) is 54.4 Å². The number of para-hydroxylation sites is 1. The lowest BCUT2D eigenvalue weighted by Crippen LogP contribution is -2.32. The summed E-state index contributed by atoms with van der Waals surface area (Å²) in [5.74, 6) is -0.257. The van der Waals surface area contributed by atoms with E-state index in [9.17, 15) is 14.0 Å². The second-order valence-electron chi connectivity index (χ2n) is 8.76. The molecule has 2 heterocycles. The molecule has 0 bridgehead atoms. The molecule has 1 fully saturated rings. The molecule has 0 atom stereocenters. The number of ether oxygens (including phenoxy) is 1. The van der Waals surface area contributed by atoms with E-state index in [1.165, 1.54) is 34.7 Å². The number of benzene rings is 3. The van der Waals surface area contributed by atoms with E-state index in [0.717, 1.165) is 40.2 Å². The molecule has 0 saturated carbocycles. The van der Waals surface area contributed by atoms with E-state index in [4.69, 9.17) is 27.9 Å². The van der Waals surface area contributed by atoms with Crippen molar-refractivity contribution in [2.24, 2.45) is 0 Å². The molecule has 3 aromatic carbocycles. The third-order valence-electron chi connectivity index (χ3n) is 6.29. The Kier molecular flexibility index (Phi) is 7.79. The largest absolute Gasteiger partial charge is 0.492 e. The first-order chi connectivity index (χ1) is 18.3. The van der Waals surface area contributed by atoms with E-state index in [1.54, 1.807) is 12.1 Å². The summed E-state index contributed by atoms with van der Waals surface area (Å²) in [7, 11) is 0. The molecule has 2 amide bonds. The summed E-state index contributed by atoms with van der Waals surface area (Å²) in [6.45, 7) is 2.88. The van der Waals surface area contributed by atoms with Crippen LogP contribution in [0.15, 0.2) is 71.8 Å². The van der Waals surface area contributed by atoms with Gasteiger partial charge in [0, 0.05) is 23.7 Å². The van der Waals surface area contributed by atoms with Gasteiger partial charge in [0.05, 0.1) is 27.0 Å². The topological polar surface area (TPSA) is 51.5 Å². The highest BCUT2D eigenvalue weighted by Gasteiger charge is 2.35. The minimum Gasteiger partial charge on any atom is -0.492 e. The molecular formula is C29H23Cl2FN2O3S. The molecule has 0 radical (unpaired) electrons. The number of aryl methyl sites for hydroxylation is 1. The number of aromatic nitrogens is 1. The van der Waals surface area contributed by atoms with Crippen molar-refractivity contribution in [1.29, 1.82) is 0 Å². The number of carbonyl (C=O) groups is 2. The van der Waals surface area contributed by atoms with Gasteiger partial charge >= 0.3 is 0 Å². The highest BCUT2D eigenvalue weighted by molar-refractivity contribution is 8.18. The molecule has 5 nitrogen and oxygen atoms in total. The predicted molar refractivity (Wildman–Crippen MR) is 151 cm³/mol. The lowest BCUT2D eigenvalue weighted by atomic mass is 10.1. The van der Waals surface area contributed by atoms with Gasteiger partial charge in [-0.2, -0.15) is 0 Å². The Morgan fingerprint density at radius 2 is 1.82 bits per heavy atom. The molecule has 4 aromatic rings. The fourth-order valence-electron chi connectivity index (χ4n) is 4.44. The minimum absolute atomic E-state index is 0.0957. The van der Waals surface area contributed by atoms with Crippen LogP contribution in [-0.2, 0) is 17.8 Å². The summed E-state index contributed by atoms with van der Waals surface area (Å²) in [5, 5.41) is 1.64. The zero-order chi connectivity index (χ0) is 26.8. The lowest BCUT2D eigenvalue weighted by molar-refractivity contribution is -0.123. The lowest BCUT2D eigenvalue weighted by Gasteiger charge is -2.13. The highest BCUT2D eigenvalue weighted by Crippen LogP contribution is 2.35. The molecular weight excluding hydrogens is 546 g/mol. The van der Waals surface area contributed by atoms with Gasteiger partial charge in [0.1, 0.15) is 18.2 Å². The summed E-state index contributed by atoms with van der Waals surface area (Å²) >= 11 is 13.3. The Morgan fingerprint density at radius 1 is 1.03 bits per heavy atom. The van der Waals surface area contributed by atoms with Gasteiger partial charge in [0.2, 0.25) is 0 Å². The highest BCUT2D eigenvalue weighted by atomic mass is 35.5. The van der Waals surface area contributed by atoms with Gasteiger partial charge in [-0.05, 0) is 71.8 Å². The van der Waals surface area contributed by atoms with Crippen molar-refractivity contribution in [3.8, 4) is 5.75 Å². The second-order valence-corrected chi connectivity index (χ2v) is 10.6. The van der Waals surface area contributed by atoms with E-state index in [2.05, 4.69) is 17.6 Å². The van der Waals surface area contributed by atoms with Gasteiger partial charge < -0.3 is 9.30 Å². The average molecular weight is 569 g/mol. The van der Waals surface area contributed by atoms with Crippen LogP contribution in [0.3, 0.4) is 0 Å². The number of halogens is 3. The van der Waals surface area contributed by atoms with Gasteiger partial charge in [0.25, 0.3) is 11.1 Å². The summed E-state index contributed by atoms with van der Waals surface area (Å²) in [4.78, 5) is 27.3. The fraction of sp³-hybridized carbons (Fsp3) is 0.172. The minimum atomic E-state index is -0.363. The van der Waals surface area contributed by atoms with Crippen LogP contribution in [0.5, 0.6) is 5.75 Å². The summed E-state index contributed by atoms with van der Waals surface area (Å²) in [6, 6.07) is 17.3. The Hall–Kier alpha value is -3.26. The summed E-state index contributed by atoms with van der Waals surface area (Å²) in [6.07, 6.45) is 4.61. The van der Waals surface area contributed by atoms with Crippen molar-refractivity contribution >= 4 is 63.1 Å². The molecule has 38 heavy (non-hydrogen) atoms. The summed E-state index contributed by atoms with van der Waals surface area (Å²) in [5.41, 5.74) is 4.09. The molecule has 0 aliphatic carbocycles. The maximum absolute atomic E-state index is 13.1. The third-order valence-corrected chi connectivity index (χ3v) is 7.93. The molecule has 1 aliphatic rings. The smallest absolute Gasteiger partial charge is 0.293 e. The first-order valence-corrected chi connectivity index (χ1v) is 13.6. The van der Waals surface area contributed by atoms with Crippen LogP contribution in [0.4, 0.5) is 9.18 Å². The number of thioether (sulfide) groups is 1. The molecule has 0 N–H and O–H groups in total. The van der Waals surface area contributed by atoms with Crippen LogP contribution in [0.1, 0.15) is 23.6 Å². The average Bonchev–Trinajstić information content (AvgIpc) is 3.39. The third kappa shape index (κ3) is 5.46. The Bertz CT molecular complexity index is 1570. The van der Waals surface area contributed by atoms with Gasteiger partial charge in [-0.3, -0.25) is 14.5 Å². The van der Waals surface area contributed by atoms with Gasteiger partial charge in [0.15, 0.2) is 0 Å². The predicted octanol–water partition coefficient (Wildman–Crippen LogP) is 7.81. The van der Waals surface area contributed by atoms with Crippen molar-refractivity contribution in [2.75, 3.05) is 13.2 Å². The first kappa shape index (κ1) is 26.4. The van der Waals surface area contributed by atoms with Crippen LogP contribution in [-0.4, -0.2) is 33.8 Å². The van der Waals surface area contributed by atoms with E-state index in [1.807, 2.05) is 30.5 Å². The maximum atomic E-state index is 13.1. The SMILES string of the molecule is CCc1cccc2c(/C=C3\SC(=O)N(CCOc4ccc(F)cc4)C3=O)cn(Cc3ccc(Cl)c(Cl)c3)c12. The molecule has 1 aliphatic heterocycles. The van der Waals surface area contributed by atoms with Crippen LogP contribution in [0.25, 0.3) is 17.0 Å².